The Morgan fingerprint density at radius 2 is 1.76 bits per heavy atom. The number of ketones is 1. The second kappa shape index (κ2) is 4.59. The molecule has 6 atom stereocenters. The summed E-state index contributed by atoms with van der Waals surface area (Å²) < 4.78 is 0. The van der Waals surface area contributed by atoms with E-state index in [1.807, 2.05) is 0 Å². The van der Waals surface area contributed by atoms with Crippen molar-refractivity contribution in [3.05, 3.63) is 11.6 Å². The third-order valence-electron chi connectivity index (χ3n) is 9.97. The Kier molecular flexibility index (Phi) is 2.96. The predicted molar refractivity (Wildman–Crippen MR) is 97.5 cm³/mol. The van der Waals surface area contributed by atoms with Crippen molar-refractivity contribution in [1.82, 2.24) is 0 Å². The lowest BCUT2D eigenvalue weighted by Crippen LogP contribution is -2.54. The van der Waals surface area contributed by atoms with E-state index in [0.717, 1.165) is 31.1 Å². The van der Waals surface area contributed by atoms with Gasteiger partial charge < -0.3 is 0 Å². The molecule has 0 aromatic carbocycles. The van der Waals surface area contributed by atoms with Gasteiger partial charge >= 0.3 is 0 Å². The Morgan fingerprint density at radius 1 is 1.04 bits per heavy atom. The fraction of sp³-hybridized carbons (Fsp3) is 0.826. The molecule has 0 radical (unpaired) electrons. The molecule has 5 aliphatic rings. The monoisotopic (exact) mass is 337 g/mol. The van der Waals surface area contributed by atoms with Crippen LogP contribution >= 0.6 is 0 Å². The standard InChI is InChI=1S/C23H31NO/c1-20(14-24)7-5-18-16-13-23(10-11-23)19-12-15(25)4-8-21(19,2)17(16)6-9-22(18,20)3/h12,16-18H,4-11,13H2,1-3H3. The second-order valence-corrected chi connectivity index (χ2v) is 10.7. The Bertz CT molecular complexity index is 725. The van der Waals surface area contributed by atoms with Crippen LogP contribution in [0.2, 0.25) is 0 Å². The van der Waals surface area contributed by atoms with E-state index in [4.69, 9.17) is 0 Å². The molecule has 2 nitrogen and oxygen atoms in total. The predicted octanol–water partition coefficient (Wildman–Crippen LogP) is 5.44. The number of hydrogen-bond donors (Lipinski definition) is 0. The fourth-order valence-electron chi connectivity index (χ4n) is 8.06. The molecule has 0 amide bonds. The SMILES string of the molecule is CC12CCC(=O)C=C1C1(CC1)CC1C2CCC2(C)C1CCC2(C)C#N. The summed E-state index contributed by atoms with van der Waals surface area (Å²) in [6.45, 7) is 7.15. The lowest BCUT2D eigenvalue weighted by Gasteiger charge is -2.61. The maximum absolute atomic E-state index is 12.2. The maximum atomic E-state index is 12.2. The van der Waals surface area contributed by atoms with Crippen LogP contribution in [0.1, 0.15) is 78.6 Å². The normalized spacial score (nSPS) is 52.6. The second-order valence-electron chi connectivity index (χ2n) is 10.7. The number of allylic oxidation sites excluding steroid dienone is 1. The van der Waals surface area contributed by atoms with E-state index in [9.17, 15) is 10.1 Å². The molecule has 0 N–H and O–H groups in total. The van der Waals surface area contributed by atoms with Crippen molar-refractivity contribution in [1.29, 1.82) is 5.26 Å². The van der Waals surface area contributed by atoms with Crippen molar-refractivity contribution < 1.29 is 4.79 Å². The molecule has 4 fully saturated rings. The van der Waals surface area contributed by atoms with Gasteiger partial charge in [-0.05, 0) is 98.4 Å². The van der Waals surface area contributed by atoms with E-state index >= 15 is 0 Å². The summed E-state index contributed by atoms with van der Waals surface area (Å²) in [5.74, 6) is 2.59. The number of nitriles is 1. The molecule has 2 heteroatoms. The number of fused-ring (bicyclic) bond motifs is 6. The summed E-state index contributed by atoms with van der Waals surface area (Å²) in [4.78, 5) is 12.2. The van der Waals surface area contributed by atoms with Crippen molar-refractivity contribution in [3.63, 3.8) is 0 Å². The van der Waals surface area contributed by atoms with Gasteiger partial charge in [-0.25, -0.2) is 0 Å². The van der Waals surface area contributed by atoms with Crippen LogP contribution in [-0.4, -0.2) is 5.78 Å². The van der Waals surface area contributed by atoms with Crippen molar-refractivity contribution in [2.75, 3.05) is 0 Å². The van der Waals surface area contributed by atoms with Gasteiger partial charge in [-0.15, -0.1) is 0 Å². The molecule has 134 valence electrons. The van der Waals surface area contributed by atoms with Crippen LogP contribution in [0.25, 0.3) is 0 Å². The molecule has 4 saturated carbocycles. The van der Waals surface area contributed by atoms with Crippen LogP contribution in [0.4, 0.5) is 0 Å². The molecule has 0 aromatic rings. The molecular weight excluding hydrogens is 306 g/mol. The maximum Gasteiger partial charge on any atom is 0.155 e. The zero-order valence-electron chi connectivity index (χ0n) is 16.0. The van der Waals surface area contributed by atoms with E-state index in [-0.39, 0.29) is 16.2 Å². The molecule has 1 spiro atoms. The van der Waals surface area contributed by atoms with Gasteiger partial charge in [-0.2, -0.15) is 5.26 Å². The van der Waals surface area contributed by atoms with Gasteiger partial charge in [-0.1, -0.05) is 19.4 Å². The first-order valence-corrected chi connectivity index (χ1v) is 10.4. The molecular formula is C23H31NO. The summed E-state index contributed by atoms with van der Waals surface area (Å²) in [5.41, 5.74) is 2.21. The minimum absolute atomic E-state index is 0.140. The Labute approximate surface area is 152 Å². The van der Waals surface area contributed by atoms with E-state index in [0.29, 0.717) is 17.1 Å². The van der Waals surface area contributed by atoms with E-state index in [1.54, 1.807) is 5.57 Å². The summed E-state index contributed by atoms with van der Waals surface area (Å²) >= 11 is 0. The van der Waals surface area contributed by atoms with Gasteiger partial charge in [0.1, 0.15) is 0 Å². The first-order valence-electron chi connectivity index (χ1n) is 10.4. The zero-order valence-corrected chi connectivity index (χ0v) is 16.0. The first kappa shape index (κ1) is 16.1. The van der Waals surface area contributed by atoms with Gasteiger partial charge in [-0.3, -0.25) is 4.79 Å². The van der Waals surface area contributed by atoms with Gasteiger partial charge in [0, 0.05) is 6.42 Å². The Hall–Kier alpha value is -1.10. The number of hydrogen-bond acceptors (Lipinski definition) is 2. The number of carbonyl (C=O) groups is 1. The van der Waals surface area contributed by atoms with Crippen molar-refractivity contribution in [3.8, 4) is 6.07 Å². The molecule has 25 heavy (non-hydrogen) atoms. The smallest absolute Gasteiger partial charge is 0.155 e. The highest BCUT2D eigenvalue weighted by atomic mass is 16.1. The molecule has 0 heterocycles. The van der Waals surface area contributed by atoms with Crippen LogP contribution < -0.4 is 0 Å². The Morgan fingerprint density at radius 3 is 2.44 bits per heavy atom. The van der Waals surface area contributed by atoms with Crippen LogP contribution in [0.3, 0.4) is 0 Å². The molecule has 0 aliphatic heterocycles. The van der Waals surface area contributed by atoms with E-state index < -0.39 is 0 Å². The highest BCUT2D eigenvalue weighted by molar-refractivity contribution is 5.92. The molecule has 6 unspecified atom stereocenters. The fourth-order valence-corrected chi connectivity index (χ4v) is 8.06. The topological polar surface area (TPSA) is 40.9 Å². The molecule has 0 saturated heterocycles. The summed E-state index contributed by atoms with van der Waals surface area (Å²) in [6.07, 6.45) is 12.6. The Balaban J connectivity index is 1.59. The highest BCUT2D eigenvalue weighted by Gasteiger charge is 2.68. The van der Waals surface area contributed by atoms with E-state index in [1.165, 1.54) is 38.5 Å². The minimum Gasteiger partial charge on any atom is -0.295 e. The number of carbonyl (C=O) groups excluding carboxylic acids is 1. The molecule has 0 bridgehead atoms. The number of rotatable bonds is 0. The van der Waals surface area contributed by atoms with Crippen LogP contribution in [0, 0.1) is 50.7 Å². The minimum atomic E-state index is -0.140. The average Bonchev–Trinajstić information content (AvgIpc) is 3.29. The first-order chi connectivity index (χ1) is 11.8. The molecule has 5 rings (SSSR count). The molecule has 0 aromatic heterocycles. The quantitative estimate of drug-likeness (QED) is 0.590. The largest absolute Gasteiger partial charge is 0.295 e. The van der Waals surface area contributed by atoms with E-state index in [2.05, 4.69) is 32.9 Å². The zero-order chi connectivity index (χ0) is 17.7. The van der Waals surface area contributed by atoms with Crippen molar-refractivity contribution in [2.24, 2.45) is 39.4 Å². The summed E-state index contributed by atoms with van der Waals surface area (Å²) in [5, 5.41) is 9.91. The average molecular weight is 338 g/mol. The third-order valence-corrected chi connectivity index (χ3v) is 9.97. The lowest BCUT2D eigenvalue weighted by atomic mass is 9.43. The highest BCUT2D eigenvalue weighted by Crippen LogP contribution is 2.76. The number of nitrogens with zero attached hydrogens (tertiary/aromatic N) is 1. The lowest BCUT2D eigenvalue weighted by molar-refractivity contribution is -0.118. The van der Waals surface area contributed by atoms with Gasteiger partial charge in [0.15, 0.2) is 5.78 Å². The van der Waals surface area contributed by atoms with Crippen molar-refractivity contribution in [2.45, 2.75) is 78.6 Å². The van der Waals surface area contributed by atoms with Gasteiger partial charge in [0.05, 0.1) is 11.5 Å². The third kappa shape index (κ3) is 1.78. The van der Waals surface area contributed by atoms with Crippen LogP contribution in [0.5, 0.6) is 0 Å². The molecule has 5 aliphatic carbocycles. The summed E-state index contributed by atoms with van der Waals surface area (Å²) in [6, 6.07) is 2.73. The van der Waals surface area contributed by atoms with Gasteiger partial charge in [0.25, 0.3) is 0 Å². The van der Waals surface area contributed by atoms with Gasteiger partial charge in [0.2, 0.25) is 0 Å². The van der Waals surface area contributed by atoms with Crippen LogP contribution in [0.15, 0.2) is 11.6 Å². The van der Waals surface area contributed by atoms with Crippen molar-refractivity contribution >= 4 is 5.78 Å². The summed E-state index contributed by atoms with van der Waals surface area (Å²) in [7, 11) is 0. The van der Waals surface area contributed by atoms with Crippen LogP contribution in [-0.2, 0) is 4.79 Å².